The summed E-state index contributed by atoms with van der Waals surface area (Å²) in [5, 5.41) is 6.14. The largest absolute Gasteiger partial charge is 0.373 e. The van der Waals surface area contributed by atoms with E-state index in [9.17, 15) is 4.79 Å². The van der Waals surface area contributed by atoms with Crippen LogP contribution in [0.1, 0.15) is 48.7 Å². The van der Waals surface area contributed by atoms with Gasteiger partial charge >= 0.3 is 0 Å². The van der Waals surface area contributed by atoms with E-state index in [4.69, 9.17) is 0 Å². The van der Waals surface area contributed by atoms with Gasteiger partial charge in [0, 0.05) is 29.6 Å². The number of hydrogen-bond donors (Lipinski definition) is 2. The Morgan fingerprint density at radius 2 is 2.10 bits per heavy atom. The van der Waals surface area contributed by atoms with E-state index in [2.05, 4.69) is 21.9 Å². The zero-order valence-electron chi connectivity index (χ0n) is 13.2. The zero-order chi connectivity index (χ0) is 15.3. The molecule has 2 N–H and O–H groups in total. The minimum atomic E-state index is 0.00363. The monoisotopic (exact) mass is 307 g/mol. The molecule has 5 heteroatoms. The Labute approximate surface area is 131 Å². The molecule has 1 aliphatic carbocycles. The first-order valence-electron chi connectivity index (χ1n) is 7.64. The lowest BCUT2D eigenvalue weighted by Gasteiger charge is -2.27. The van der Waals surface area contributed by atoms with Crippen LogP contribution in [0, 0.1) is 0 Å². The van der Waals surface area contributed by atoms with E-state index < -0.39 is 0 Å². The Morgan fingerprint density at radius 3 is 2.67 bits per heavy atom. The summed E-state index contributed by atoms with van der Waals surface area (Å²) in [6.07, 6.45) is 7.92. The third-order valence-electron chi connectivity index (χ3n) is 4.28. The molecule has 2 rings (SSSR count). The van der Waals surface area contributed by atoms with Crippen LogP contribution in [0.5, 0.6) is 0 Å². The second kappa shape index (κ2) is 7.16. The summed E-state index contributed by atoms with van der Waals surface area (Å²) in [5.41, 5.74) is 1.63. The van der Waals surface area contributed by atoms with Gasteiger partial charge in [-0.05, 0) is 37.7 Å². The van der Waals surface area contributed by atoms with Gasteiger partial charge in [0.15, 0.2) is 0 Å². The molecule has 0 spiro atoms. The summed E-state index contributed by atoms with van der Waals surface area (Å²) in [5.74, 6) is 0.754. The molecule has 0 saturated heterocycles. The molecule has 1 aromatic rings. The van der Waals surface area contributed by atoms with Gasteiger partial charge in [-0.25, -0.2) is 4.98 Å². The van der Waals surface area contributed by atoms with Crippen LogP contribution in [0.4, 0.5) is 5.82 Å². The van der Waals surface area contributed by atoms with Crippen LogP contribution in [-0.4, -0.2) is 35.5 Å². The summed E-state index contributed by atoms with van der Waals surface area (Å²) in [6, 6.07) is 3.70. The Balaban J connectivity index is 2.06. The van der Waals surface area contributed by atoms with Crippen molar-refractivity contribution < 1.29 is 4.79 Å². The Kier molecular flexibility index (Phi) is 5.51. The van der Waals surface area contributed by atoms with E-state index in [0.717, 1.165) is 24.5 Å². The lowest BCUT2D eigenvalue weighted by atomic mass is 10.1. The molecule has 0 aromatic carbocycles. The van der Waals surface area contributed by atoms with Crippen molar-refractivity contribution in [2.75, 3.05) is 25.2 Å². The smallest absolute Gasteiger partial charge is 0.251 e. The van der Waals surface area contributed by atoms with Crippen LogP contribution in [0.25, 0.3) is 0 Å². The van der Waals surface area contributed by atoms with Crippen LogP contribution >= 0.6 is 11.8 Å². The van der Waals surface area contributed by atoms with Gasteiger partial charge in [-0.1, -0.05) is 19.8 Å². The highest BCUT2D eigenvalue weighted by Crippen LogP contribution is 2.39. The molecule has 0 radical (unpaired) electrons. The predicted octanol–water partition coefficient (Wildman–Crippen LogP) is 3.09. The first-order chi connectivity index (χ1) is 10.1. The van der Waals surface area contributed by atoms with Crippen LogP contribution in [0.15, 0.2) is 12.1 Å². The lowest BCUT2D eigenvalue weighted by Crippen LogP contribution is -2.38. The zero-order valence-corrected chi connectivity index (χ0v) is 14.0. The molecular weight excluding hydrogens is 282 g/mol. The SMILES string of the molecule is CCc1cc(C(=O)NCC2(SC)CCCC2)cc(NC)n1. The van der Waals surface area contributed by atoms with E-state index in [1.807, 2.05) is 37.9 Å². The maximum Gasteiger partial charge on any atom is 0.251 e. The number of thioether (sulfide) groups is 1. The molecule has 1 saturated carbocycles. The Hall–Kier alpha value is -1.23. The standard InChI is InChI=1S/C16H25N3OS/c1-4-13-9-12(10-14(17-2)19-13)15(20)18-11-16(21-3)7-5-6-8-16/h9-10H,4-8,11H2,1-3H3,(H,17,19)(H,18,20). The molecule has 0 aliphatic heterocycles. The third kappa shape index (κ3) is 3.90. The number of amides is 1. The van der Waals surface area contributed by atoms with Crippen molar-refractivity contribution >= 4 is 23.5 Å². The van der Waals surface area contributed by atoms with Crippen molar-refractivity contribution in [1.82, 2.24) is 10.3 Å². The molecule has 0 bridgehead atoms. The molecule has 1 aliphatic rings. The number of nitrogens with one attached hydrogen (secondary N) is 2. The molecule has 1 aromatic heterocycles. The Bertz CT molecular complexity index is 476. The second-order valence-electron chi connectivity index (χ2n) is 5.61. The second-order valence-corrected chi connectivity index (χ2v) is 6.89. The summed E-state index contributed by atoms with van der Waals surface area (Å²) < 4.78 is 0.238. The topological polar surface area (TPSA) is 54.0 Å². The minimum absolute atomic E-state index is 0.00363. The van der Waals surface area contributed by atoms with E-state index >= 15 is 0 Å². The fraction of sp³-hybridized carbons (Fsp3) is 0.625. The quantitative estimate of drug-likeness (QED) is 0.848. The number of hydrogen-bond acceptors (Lipinski definition) is 4. The summed E-state index contributed by atoms with van der Waals surface area (Å²) >= 11 is 1.89. The average Bonchev–Trinajstić information content (AvgIpc) is 3.01. The summed E-state index contributed by atoms with van der Waals surface area (Å²) in [7, 11) is 1.82. The van der Waals surface area contributed by atoms with Crippen molar-refractivity contribution in [3.63, 3.8) is 0 Å². The maximum absolute atomic E-state index is 12.4. The summed E-state index contributed by atoms with van der Waals surface area (Å²) in [6.45, 7) is 2.80. The van der Waals surface area contributed by atoms with Crippen molar-refractivity contribution in [3.8, 4) is 0 Å². The fourth-order valence-electron chi connectivity index (χ4n) is 2.84. The van der Waals surface area contributed by atoms with Gasteiger partial charge in [-0.2, -0.15) is 11.8 Å². The lowest BCUT2D eigenvalue weighted by molar-refractivity contribution is 0.0949. The number of carbonyl (C=O) groups excluding carboxylic acids is 1. The van der Waals surface area contributed by atoms with Crippen LogP contribution in [0.2, 0.25) is 0 Å². The summed E-state index contributed by atoms with van der Waals surface area (Å²) in [4.78, 5) is 16.8. The first kappa shape index (κ1) is 16.1. The van der Waals surface area contributed by atoms with Crippen LogP contribution < -0.4 is 10.6 Å². The van der Waals surface area contributed by atoms with E-state index in [1.54, 1.807) is 0 Å². The number of rotatable bonds is 6. The normalized spacial score (nSPS) is 16.7. The molecular formula is C16H25N3OS. The van der Waals surface area contributed by atoms with Gasteiger partial charge < -0.3 is 10.6 Å². The highest BCUT2D eigenvalue weighted by molar-refractivity contribution is 8.00. The number of anilines is 1. The molecule has 4 nitrogen and oxygen atoms in total. The molecule has 0 unspecified atom stereocenters. The molecule has 21 heavy (non-hydrogen) atoms. The number of aromatic nitrogens is 1. The molecule has 1 heterocycles. The van der Waals surface area contributed by atoms with Crippen LogP contribution in [0.3, 0.4) is 0 Å². The fourth-order valence-corrected chi connectivity index (χ4v) is 3.76. The maximum atomic E-state index is 12.4. The van der Waals surface area contributed by atoms with Gasteiger partial charge in [0.1, 0.15) is 5.82 Å². The molecule has 1 amide bonds. The van der Waals surface area contributed by atoms with Crippen LogP contribution in [-0.2, 0) is 6.42 Å². The van der Waals surface area contributed by atoms with Gasteiger partial charge in [-0.3, -0.25) is 4.79 Å². The van der Waals surface area contributed by atoms with E-state index in [-0.39, 0.29) is 10.7 Å². The van der Waals surface area contributed by atoms with Gasteiger partial charge in [0.2, 0.25) is 0 Å². The van der Waals surface area contributed by atoms with E-state index in [0.29, 0.717) is 5.56 Å². The van der Waals surface area contributed by atoms with E-state index in [1.165, 1.54) is 25.7 Å². The van der Waals surface area contributed by atoms with Gasteiger partial charge in [0.05, 0.1) is 0 Å². The third-order valence-corrected chi connectivity index (χ3v) is 5.70. The molecule has 116 valence electrons. The van der Waals surface area contributed by atoms with Crippen molar-refractivity contribution in [3.05, 3.63) is 23.4 Å². The van der Waals surface area contributed by atoms with Gasteiger partial charge in [0.25, 0.3) is 5.91 Å². The number of aryl methyl sites for hydroxylation is 1. The highest BCUT2D eigenvalue weighted by atomic mass is 32.2. The van der Waals surface area contributed by atoms with Crippen molar-refractivity contribution in [2.45, 2.75) is 43.8 Å². The van der Waals surface area contributed by atoms with Crippen molar-refractivity contribution in [2.24, 2.45) is 0 Å². The Morgan fingerprint density at radius 1 is 1.38 bits per heavy atom. The molecule has 1 fully saturated rings. The highest BCUT2D eigenvalue weighted by Gasteiger charge is 2.33. The first-order valence-corrected chi connectivity index (χ1v) is 8.87. The number of nitrogens with zero attached hydrogens (tertiary/aromatic N) is 1. The molecule has 0 atom stereocenters. The average molecular weight is 307 g/mol. The van der Waals surface area contributed by atoms with Gasteiger partial charge in [-0.15, -0.1) is 0 Å². The predicted molar refractivity (Wildman–Crippen MR) is 90.2 cm³/mol. The minimum Gasteiger partial charge on any atom is -0.373 e. The number of carbonyl (C=O) groups is 1. The number of pyridine rings is 1. The van der Waals surface area contributed by atoms with Crippen molar-refractivity contribution in [1.29, 1.82) is 0 Å².